The van der Waals surface area contributed by atoms with E-state index in [2.05, 4.69) is 6.58 Å². The number of carbonyl (C=O) groups excluding carboxylic acids is 3. The highest BCUT2D eigenvalue weighted by molar-refractivity contribution is 6.11. The van der Waals surface area contributed by atoms with Crippen LogP contribution in [0.25, 0.3) is 0 Å². The summed E-state index contributed by atoms with van der Waals surface area (Å²) in [4.78, 5) is 38.2. The third-order valence-corrected chi connectivity index (χ3v) is 6.56. The van der Waals surface area contributed by atoms with Crippen molar-refractivity contribution >= 4 is 17.3 Å². The largest absolute Gasteiger partial charge is 0.376 e. The van der Waals surface area contributed by atoms with Gasteiger partial charge in [-0.05, 0) is 12.0 Å². The number of hydrogen-bond donors (Lipinski definition) is 1. The first kappa shape index (κ1) is 17.0. The number of aliphatic hydroxyl groups is 1. The maximum absolute atomic E-state index is 13.0. The quantitative estimate of drug-likeness (QED) is 0.751. The smallest absolute Gasteiger partial charge is 0.171 e. The number of allylic oxidation sites excluding steroid dienone is 3. The molecule has 0 aromatic heterocycles. The summed E-state index contributed by atoms with van der Waals surface area (Å²) >= 11 is 0. The topological polar surface area (TPSA) is 71.4 Å². The van der Waals surface area contributed by atoms with Gasteiger partial charge in [0.1, 0.15) is 0 Å². The summed E-state index contributed by atoms with van der Waals surface area (Å²) in [7, 11) is 0. The molecule has 0 aliphatic heterocycles. The van der Waals surface area contributed by atoms with Crippen LogP contribution < -0.4 is 0 Å². The lowest BCUT2D eigenvalue weighted by molar-refractivity contribution is -0.167. The van der Waals surface area contributed by atoms with E-state index in [1.54, 1.807) is 39.0 Å². The zero-order valence-electron chi connectivity index (χ0n) is 14.7. The molecule has 4 atom stereocenters. The zero-order chi connectivity index (χ0) is 18.1. The maximum atomic E-state index is 13.0. The average molecular weight is 328 g/mol. The Morgan fingerprint density at radius 3 is 2.42 bits per heavy atom. The standard InChI is InChI=1S/C20H24O4/c1-6-18(4)10-12-13(21)9-14-17(2,3)15(22)7-8-19(14,5)20(12,24)16(23)11-18/h6-8,10,14,24H,1,9,11H2,2-5H3/t14-,18-,19+,20+/m1/s1. The SMILES string of the molecule is C=C[C@]1(C)C=C2C(=O)C[C@@H]3C(C)(C)C(=O)C=C[C@]3(C)[C@@]2(O)C(=O)C1. The fourth-order valence-corrected chi connectivity index (χ4v) is 4.75. The Hall–Kier alpha value is -1.81. The molecule has 0 heterocycles. The summed E-state index contributed by atoms with van der Waals surface area (Å²) in [5.41, 5.74) is -4.15. The summed E-state index contributed by atoms with van der Waals surface area (Å²) in [6, 6.07) is 0. The number of hydrogen-bond acceptors (Lipinski definition) is 4. The lowest BCUT2D eigenvalue weighted by atomic mass is 9.45. The van der Waals surface area contributed by atoms with Crippen LogP contribution >= 0.6 is 0 Å². The fraction of sp³-hybridized carbons (Fsp3) is 0.550. The molecule has 1 N–H and O–H groups in total. The molecule has 0 amide bonds. The van der Waals surface area contributed by atoms with Crippen LogP contribution in [0.15, 0.2) is 36.5 Å². The molecule has 24 heavy (non-hydrogen) atoms. The van der Waals surface area contributed by atoms with E-state index in [1.165, 1.54) is 6.08 Å². The number of rotatable bonds is 1. The van der Waals surface area contributed by atoms with Gasteiger partial charge in [-0.2, -0.15) is 0 Å². The van der Waals surface area contributed by atoms with Crippen LogP contribution in [-0.4, -0.2) is 28.1 Å². The molecule has 128 valence electrons. The van der Waals surface area contributed by atoms with E-state index in [-0.39, 0.29) is 35.8 Å². The molecule has 0 spiro atoms. The van der Waals surface area contributed by atoms with E-state index in [4.69, 9.17) is 0 Å². The minimum atomic E-state index is -1.88. The van der Waals surface area contributed by atoms with Gasteiger partial charge < -0.3 is 5.11 Å². The first-order chi connectivity index (χ1) is 10.9. The second kappa shape index (κ2) is 4.63. The minimum Gasteiger partial charge on any atom is -0.376 e. The summed E-state index contributed by atoms with van der Waals surface area (Å²) in [6.07, 6.45) is 6.67. The van der Waals surface area contributed by atoms with E-state index >= 15 is 0 Å². The Kier molecular flexibility index (Phi) is 3.29. The molecule has 1 fully saturated rings. The molecular formula is C20H24O4. The predicted molar refractivity (Wildman–Crippen MR) is 90.1 cm³/mol. The molecule has 3 aliphatic rings. The van der Waals surface area contributed by atoms with Crippen molar-refractivity contribution in [2.24, 2.45) is 22.2 Å². The molecule has 4 heteroatoms. The molecule has 3 rings (SSSR count). The zero-order valence-corrected chi connectivity index (χ0v) is 14.7. The van der Waals surface area contributed by atoms with E-state index in [0.29, 0.717) is 0 Å². The van der Waals surface area contributed by atoms with Gasteiger partial charge in [0.25, 0.3) is 0 Å². The Bertz CT molecular complexity index is 741. The van der Waals surface area contributed by atoms with Gasteiger partial charge >= 0.3 is 0 Å². The van der Waals surface area contributed by atoms with Gasteiger partial charge in [0.15, 0.2) is 23.0 Å². The Balaban J connectivity index is 2.29. The predicted octanol–water partition coefficient (Wildman–Crippen LogP) is 2.57. The first-order valence-corrected chi connectivity index (χ1v) is 8.32. The van der Waals surface area contributed by atoms with Crippen molar-refractivity contribution in [2.75, 3.05) is 0 Å². The summed E-state index contributed by atoms with van der Waals surface area (Å²) in [6.45, 7) is 10.9. The van der Waals surface area contributed by atoms with Gasteiger partial charge in [-0.1, -0.05) is 45.9 Å². The highest BCUT2D eigenvalue weighted by Gasteiger charge is 2.67. The second-order valence-corrected chi connectivity index (χ2v) is 8.46. The van der Waals surface area contributed by atoms with Crippen molar-refractivity contribution in [3.63, 3.8) is 0 Å². The molecule has 1 saturated carbocycles. The number of ketones is 3. The van der Waals surface area contributed by atoms with Crippen LogP contribution in [0.5, 0.6) is 0 Å². The molecule has 0 bridgehead atoms. The number of Topliss-reactive ketones (excluding diaryl/α,β-unsaturated/α-hetero) is 2. The van der Waals surface area contributed by atoms with Crippen molar-refractivity contribution in [3.8, 4) is 0 Å². The van der Waals surface area contributed by atoms with Crippen molar-refractivity contribution < 1.29 is 19.5 Å². The summed E-state index contributed by atoms with van der Waals surface area (Å²) in [5, 5.41) is 11.5. The third-order valence-electron chi connectivity index (χ3n) is 6.56. The lowest BCUT2D eigenvalue weighted by Gasteiger charge is -2.58. The average Bonchev–Trinajstić information content (AvgIpc) is 2.50. The Morgan fingerprint density at radius 1 is 1.21 bits per heavy atom. The van der Waals surface area contributed by atoms with Gasteiger partial charge in [-0.25, -0.2) is 0 Å². The van der Waals surface area contributed by atoms with E-state index in [1.807, 2.05) is 6.92 Å². The highest BCUT2D eigenvalue weighted by Crippen LogP contribution is 2.61. The van der Waals surface area contributed by atoms with Crippen LogP contribution in [0.4, 0.5) is 0 Å². The number of fused-ring (bicyclic) bond motifs is 3. The molecule has 0 radical (unpaired) electrons. The van der Waals surface area contributed by atoms with Crippen LogP contribution in [0.2, 0.25) is 0 Å². The molecule has 0 unspecified atom stereocenters. The van der Waals surface area contributed by atoms with Gasteiger partial charge in [0.05, 0.1) is 0 Å². The Labute approximate surface area is 142 Å². The maximum Gasteiger partial charge on any atom is 0.171 e. The normalized spacial score (nSPS) is 43.8. The fourth-order valence-electron chi connectivity index (χ4n) is 4.75. The van der Waals surface area contributed by atoms with Crippen molar-refractivity contribution in [1.82, 2.24) is 0 Å². The van der Waals surface area contributed by atoms with E-state index in [9.17, 15) is 19.5 Å². The monoisotopic (exact) mass is 328 g/mol. The third kappa shape index (κ3) is 1.80. The highest BCUT2D eigenvalue weighted by atomic mass is 16.3. The van der Waals surface area contributed by atoms with E-state index < -0.39 is 27.8 Å². The van der Waals surface area contributed by atoms with Gasteiger partial charge in [-0.3, -0.25) is 14.4 Å². The molecule has 3 aliphatic carbocycles. The molecule has 0 aromatic carbocycles. The molecule has 0 aromatic rings. The molecular weight excluding hydrogens is 304 g/mol. The summed E-state index contributed by atoms with van der Waals surface area (Å²) in [5.74, 6) is -1.13. The minimum absolute atomic E-state index is 0.0759. The van der Waals surface area contributed by atoms with Crippen LogP contribution in [-0.2, 0) is 14.4 Å². The lowest BCUT2D eigenvalue weighted by Crippen LogP contribution is -2.67. The number of carbonyl (C=O) groups is 3. The van der Waals surface area contributed by atoms with Gasteiger partial charge in [0.2, 0.25) is 0 Å². The van der Waals surface area contributed by atoms with Gasteiger partial charge in [0, 0.05) is 34.7 Å². The molecule has 4 nitrogen and oxygen atoms in total. The van der Waals surface area contributed by atoms with Crippen LogP contribution in [0.1, 0.15) is 40.5 Å². The molecule has 0 saturated heterocycles. The van der Waals surface area contributed by atoms with E-state index in [0.717, 1.165) is 0 Å². The van der Waals surface area contributed by atoms with Crippen molar-refractivity contribution in [1.29, 1.82) is 0 Å². The van der Waals surface area contributed by atoms with Crippen molar-refractivity contribution in [3.05, 3.63) is 36.5 Å². The van der Waals surface area contributed by atoms with Crippen LogP contribution in [0, 0.1) is 22.2 Å². The summed E-state index contributed by atoms with van der Waals surface area (Å²) < 4.78 is 0. The van der Waals surface area contributed by atoms with Gasteiger partial charge in [-0.15, -0.1) is 6.58 Å². The first-order valence-electron chi connectivity index (χ1n) is 8.32. The van der Waals surface area contributed by atoms with Crippen LogP contribution in [0.3, 0.4) is 0 Å². The van der Waals surface area contributed by atoms with Crippen molar-refractivity contribution in [2.45, 2.75) is 46.1 Å². The Morgan fingerprint density at radius 2 is 1.83 bits per heavy atom. The second-order valence-electron chi connectivity index (χ2n) is 8.46.